The molecule has 1 saturated heterocycles. The molecule has 1 atom stereocenters. The lowest BCUT2D eigenvalue weighted by Crippen LogP contribution is -2.48. The molecule has 0 saturated carbocycles. The highest BCUT2D eigenvalue weighted by Gasteiger charge is 2.32. The second-order valence-electron chi connectivity index (χ2n) is 4.96. The van der Waals surface area contributed by atoms with Gasteiger partial charge in [0, 0.05) is 12.1 Å². The Kier molecular flexibility index (Phi) is 4.31. The second kappa shape index (κ2) is 6.39. The maximum atomic E-state index is 12.6. The molecule has 1 aliphatic rings. The zero-order valence-electron chi connectivity index (χ0n) is 11.9. The first-order valence-corrected chi connectivity index (χ1v) is 7.28. The zero-order chi connectivity index (χ0) is 16.4. The van der Waals surface area contributed by atoms with Gasteiger partial charge in [0.15, 0.2) is 24.0 Å². The van der Waals surface area contributed by atoms with Crippen molar-refractivity contribution in [3.8, 4) is 11.3 Å². The molecule has 1 amide bonds. The highest BCUT2D eigenvalue weighted by molar-refractivity contribution is 6.33. The summed E-state index contributed by atoms with van der Waals surface area (Å²) >= 11 is 6.13. The van der Waals surface area contributed by atoms with Crippen molar-refractivity contribution in [1.29, 1.82) is 0 Å². The van der Waals surface area contributed by atoms with Gasteiger partial charge in [0.05, 0.1) is 18.2 Å². The molecule has 0 aliphatic carbocycles. The summed E-state index contributed by atoms with van der Waals surface area (Å²) in [5.74, 6) is -1.25. The summed E-state index contributed by atoms with van der Waals surface area (Å²) in [6.07, 6.45) is 0.129. The van der Waals surface area contributed by atoms with Gasteiger partial charge in [-0.1, -0.05) is 23.7 Å². The SMILES string of the molecule is O=C(O)[C@@H]1CN(C(=O)c2ncoc2-c2ccccc2Cl)CCO1. The van der Waals surface area contributed by atoms with E-state index in [4.69, 9.17) is 25.9 Å². The molecule has 120 valence electrons. The van der Waals surface area contributed by atoms with Gasteiger partial charge in [0.1, 0.15) is 0 Å². The van der Waals surface area contributed by atoms with E-state index in [1.807, 2.05) is 0 Å². The van der Waals surface area contributed by atoms with Gasteiger partial charge >= 0.3 is 5.97 Å². The summed E-state index contributed by atoms with van der Waals surface area (Å²) in [7, 11) is 0. The van der Waals surface area contributed by atoms with Gasteiger partial charge in [-0.25, -0.2) is 9.78 Å². The molecule has 0 spiro atoms. The molecule has 0 radical (unpaired) electrons. The van der Waals surface area contributed by atoms with E-state index in [2.05, 4.69) is 4.98 Å². The Morgan fingerprint density at radius 1 is 1.35 bits per heavy atom. The third-order valence-corrected chi connectivity index (χ3v) is 3.85. The Bertz CT molecular complexity index is 745. The number of nitrogens with zero attached hydrogens (tertiary/aromatic N) is 2. The summed E-state index contributed by atoms with van der Waals surface area (Å²) < 4.78 is 10.4. The van der Waals surface area contributed by atoms with Crippen LogP contribution in [0.15, 0.2) is 35.1 Å². The number of carbonyl (C=O) groups excluding carboxylic acids is 1. The lowest BCUT2D eigenvalue weighted by atomic mass is 10.1. The van der Waals surface area contributed by atoms with Crippen LogP contribution >= 0.6 is 11.6 Å². The molecule has 7 nitrogen and oxygen atoms in total. The molecule has 2 aromatic rings. The number of hydrogen-bond acceptors (Lipinski definition) is 5. The fraction of sp³-hybridized carbons (Fsp3) is 0.267. The second-order valence-corrected chi connectivity index (χ2v) is 5.37. The molecule has 1 aromatic carbocycles. The highest BCUT2D eigenvalue weighted by atomic mass is 35.5. The Balaban J connectivity index is 1.88. The molecule has 1 fully saturated rings. The molecule has 2 heterocycles. The number of hydrogen-bond donors (Lipinski definition) is 1. The quantitative estimate of drug-likeness (QED) is 0.920. The van der Waals surface area contributed by atoms with Gasteiger partial charge in [-0.2, -0.15) is 0 Å². The number of rotatable bonds is 3. The van der Waals surface area contributed by atoms with Crippen molar-refractivity contribution in [3.05, 3.63) is 41.4 Å². The van der Waals surface area contributed by atoms with Crippen LogP contribution in [0.5, 0.6) is 0 Å². The van der Waals surface area contributed by atoms with Gasteiger partial charge in [-0.05, 0) is 12.1 Å². The van der Waals surface area contributed by atoms with E-state index in [0.29, 0.717) is 10.6 Å². The van der Waals surface area contributed by atoms with Crippen LogP contribution in [0.3, 0.4) is 0 Å². The number of halogens is 1. The van der Waals surface area contributed by atoms with E-state index >= 15 is 0 Å². The first kappa shape index (κ1) is 15.5. The molecule has 1 N–H and O–H groups in total. The highest BCUT2D eigenvalue weighted by Crippen LogP contribution is 2.30. The van der Waals surface area contributed by atoms with Crippen molar-refractivity contribution in [2.24, 2.45) is 0 Å². The Morgan fingerprint density at radius 3 is 2.87 bits per heavy atom. The van der Waals surface area contributed by atoms with Gasteiger partial charge in [0.2, 0.25) is 0 Å². The molecule has 1 aliphatic heterocycles. The van der Waals surface area contributed by atoms with E-state index in [0.717, 1.165) is 0 Å². The van der Waals surface area contributed by atoms with Crippen LogP contribution in [0.25, 0.3) is 11.3 Å². The van der Waals surface area contributed by atoms with Gasteiger partial charge in [-0.3, -0.25) is 4.79 Å². The number of aliphatic carboxylic acids is 1. The molecular weight excluding hydrogens is 324 g/mol. The number of ether oxygens (including phenoxy) is 1. The minimum atomic E-state index is -1.10. The predicted molar refractivity (Wildman–Crippen MR) is 80.2 cm³/mol. The normalized spacial score (nSPS) is 18.0. The molecular formula is C15H13ClN2O5. The van der Waals surface area contributed by atoms with Gasteiger partial charge < -0.3 is 19.2 Å². The largest absolute Gasteiger partial charge is 0.479 e. The number of oxazole rings is 1. The lowest BCUT2D eigenvalue weighted by molar-refractivity contribution is -0.154. The van der Waals surface area contributed by atoms with Gasteiger partial charge in [0.25, 0.3) is 5.91 Å². The average molecular weight is 337 g/mol. The van der Waals surface area contributed by atoms with Crippen LogP contribution in [-0.2, 0) is 9.53 Å². The van der Waals surface area contributed by atoms with Crippen molar-refractivity contribution < 1.29 is 23.8 Å². The van der Waals surface area contributed by atoms with Crippen LogP contribution in [0, 0.1) is 0 Å². The summed E-state index contributed by atoms with van der Waals surface area (Å²) in [5, 5.41) is 9.46. The lowest BCUT2D eigenvalue weighted by Gasteiger charge is -2.30. The van der Waals surface area contributed by atoms with E-state index in [1.54, 1.807) is 24.3 Å². The topological polar surface area (TPSA) is 92.9 Å². The number of amides is 1. The molecule has 3 rings (SSSR count). The number of carboxylic acid groups (broad SMARTS) is 1. The van der Waals surface area contributed by atoms with Crippen molar-refractivity contribution in [1.82, 2.24) is 9.88 Å². The minimum Gasteiger partial charge on any atom is -0.479 e. The van der Waals surface area contributed by atoms with Crippen molar-refractivity contribution in [2.75, 3.05) is 19.7 Å². The molecule has 0 bridgehead atoms. The number of benzene rings is 1. The first-order valence-electron chi connectivity index (χ1n) is 6.90. The zero-order valence-corrected chi connectivity index (χ0v) is 12.7. The Labute approximate surface area is 136 Å². The molecule has 23 heavy (non-hydrogen) atoms. The fourth-order valence-corrected chi connectivity index (χ4v) is 2.59. The number of morpholine rings is 1. The maximum absolute atomic E-state index is 12.6. The number of carbonyl (C=O) groups is 2. The molecule has 0 unspecified atom stereocenters. The Morgan fingerprint density at radius 2 is 2.13 bits per heavy atom. The standard InChI is InChI=1S/C15H13ClN2O5/c16-10-4-2-1-3-9(10)13-12(17-8-23-13)14(19)18-5-6-22-11(7-18)15(20)21/h1-4,8,11H,5-7H2,(H,20,21)/t11-/m0/s1. The van der Waals surface area contributed by atoms with Crippen LogP contribution in [0.2, 0.25) is 5.02 Å². The molecule has 8 heteroatoms. The maximum Gasteiger partial charge on any atom is 0.334 e. The van der Waals surface area contributed by atoms with Crippen molar-refractivity contribution in [3.63, 3.8) is 0 Å². The number of aromatic nitrogens is 1. The minimum absolute atomic E-state index is 0.0387. The predicted octanol–water partition coefficient (Wildman–Crippen LogP) is 1.92. The summed E-state index contributed by atoms with van der Waals surface area (Å²) in [6.45, 7) is 0.405. The smallest absolute Gasteiger partial charge is 0.334 e. The third-order valence-electron chi connectivity index (χ3n) is 3.52. The third kappa shape index (κ3) is 3.06. The van der Waals surface area contributed by atoms with Crippen LogP contribution in [-0.4, -0.2) is 52.7 Å². The molecule has 1 aromatic heterocycles. The van der Waals surface area contributed by atoms with Crippen LogP contribution in [0.1, 0.15) is 10.5 Å². The van der Waals surface area contributed by atoms with E-state index in [-0.39, 0.29) is 31.2 Å². The summed E-state index contributed by atoms with van der Waals surface area (Å²) in [6, 6.07) is 6.94. The van der Waals surface area contributed by atoms with Crippen molar-refractivity contribution in [2.45, 2.75) is 6.10 Å². The fourth-order valence-electron chi connectivity index (χ4n) is 2.37. The van der Waals surface area contributed by atoms with E-state index in [9.17, 15) is 9.59 Å². The number of carboxylic acids is 1. The summed E-state index contributed by atoms with van der Waals surface area (Å²) in [5.41, 5.74) is 0.655. The van der Waals surface area contributed by atoms with Gasteiger partial charge in [-0.15, -0.1) is 0 Å². The average Bonchev–Trinajstić information content (AvgIpc) is 3.04. The summed E-state index contributed by atoms with van der Waals surface area (Å²) in [4.78, 5) is 29.0. The monoisotopic (exact) mass is 336 g/mol. The van der Waals surface area contributed by atoms with Crippen molar-refractivity contribution >= 4 is 23.5 Å². The van der Waals surface area contributed by atoms with Crippen LogP contribution in [0.4, 0.5) is 0 Å². The van der Waals surface area contributed by atoms with E-state index in [1.165, 1.54) is 11.3 Å². The Hall–Kier alpha value is -2.38. The van der Waals surface area contributed by atoms with E-state index < -0.39 is 18.0 Å². The van der Waals surface area contributed by atoms with Crippen LogP contribution < -0.4 is 0 Å². The first-order chi connectivity index (χ1) is 11.1.